The maximum absolute atomic E-state index is 13.4. The number of carbonyl (C=O) groups is 1. The Balaban J connectivity index is 1.83. The first-order valence-corrected chi connectivity index (χ1v) is 10.7. The Morgan fingerprint density at radius 1 is 1.19 bits per heavy atom. The van der Waals surface area contributed by atoms with Crippen molar-refractivity contribution in [1.29, 1.82) is 0 Å². The molecule has 0 saturated carbocycles. The first-order valence-electron chi connectivity index (χ1n) is 8.73. The third-order valence-corrected chi connectivity index (χ3v) is 5.46. The number of rotatable bonds is 4. The third kappa shape index (κ3) is 4.68. The van der Waals surface area contributed by atoms with Crippen molar-refractivity contribution >= 4 is 50.3 Å². The van der Waals surface area contributed by atoms with Crippen molar-refractivity contribution < 1.29 is 26.4 Å². The fourth-order valence-electron chi connectivity index (χ4n) is 3.00. The molecule has 1 heterocycles. The first kappa shape index (κ1) is 22.7. The summed E-state index contributed by atoms with van der Waals surface area (Å²) in [5.41, 5.74) is 1.48. The molecule has 0 spiro atoms. The lowest BCUT2D eigenvalue weighted by Gasteiger charge is -2.19. The predicted molar refractivity (Wildman–Crippen MR) is 113 cm³/mol. The number of nitrogens with zero attached hydrogens (tertiary/aromatic N) is 2. The van der Waals surface area contributed by atoms with Crippen molar-refractivity contribution in [2.75, 3.05) is 16.8 Å². The van der Waals surface area contributed by atoms with E-state index in [9.17, 15) is 26.4 Å². The Labute approximate surface area is 181 Å². The molecule has 1 aliphatic rings. The molecule has 0 atom stereocenters. The average Bonchev–Trinajstić information content (AvgIpc) is 2.95. The summed E-state index contributed by atoms with van der Waals surface area (Å²) in [6.45, 7) is 1.58. The number of amides is 1. The van der Waals surface area contributed by atoms with E-state index in [2.05, 4.69) is 15.8 Å². The summed E-state index contributed by atoms with van der Waals surface area (Å²) in [4.78, 5) is 13.5. The lowest BCUT2D eigenvalue weighted by Crippen LogP contribution is -2.33. The number of benzene rings is 2. The van der Waals surface area contributed by atoms with Gasteiger partial charge in [0, 0.05) is 17.8 Å². The van der Waals surface area contributed by atoms with Gasteiger partial charge in [0.2, 0.25) is 10.0 Å². The van der Waals surface area contributed by atoms with Crippen molar-refractivity contribution in [3.05, 3.63) is 53.6 Å². The maximum Gasteiger partial charge on any atom is 0.418 e. The van der Waals surface area contributed by atoms with Crippen LogP contribution >= 0.6 is 12.2 Å². The fourth-order valence-corrected chi connectivity index (χ4v) is 3.68. The summed E-state index contributed by atoms with van der Waals surface area (Å²) in [6.07, 6.45) is -4.64. The van der Waals surface area contributed by atoms with Crippen LogP contribution in [0.15, 0.2) is 52.5 Å². The normalized spacial score (nSPS) is 15.2. The van der Waals surface area contributed by atoms with Gasteiger partial charge in [-0.3, -0.25) is 10.2 Å². The van der Waals surface area contributed by atoms with Crippen LogP contribution in [0.2, 0.25) is 0 Å². The van der Waals surface area contributed by atoms with Crippen molar-refractivity contribution in [2.45, 2.75) is 18.0 Å². The highest BCUT2D eigenvalue weighted by Gasteiger charge is 2.42. The Morgan fingerprint density at radius 3 is 2.39 bits per heavy atom. The number of fused-ring (bicyclic) bond motifs is 1. The lowest BCUT2D eigenvalue weighted by molar-refractivity contribution is -0.137. The summed E-state index contributed by atoms with van der Waals surface area (Å²) in [7, 11) is -3.85. The molecule has 0 bridgehead atoms. The molecule has 2 aromatic rings. The van der Waals surface area contributed by atoms with E-state index in [1.165, 1.54) is 36.4 Å². The topological polar surface area (TPSA) is 117 Å². The van der Waals surface area contributed by atoms with Crippen LogP contribution in [0.4, 0.5) is 24.5 Å². The number of nitrogens with two attached hydrogens (primary N) is 1. The van der Waals surface area contributed by atoms with Crippen LogP contribution in [0.5, 0.6) is 0 Å². The molecule has 0 radical (unpaired) electrons. The van der Waals surface area contributed by atoms with E-state index in [0.717, 1.165) is 11.0 Å². The van der Waals surface area contributed by atoms with Gasteiger partial charge in [0.05, 0.1) is 16.1 Å². The number of sulfonamides is 1. The zero-order valence-corrected chi connectivity index (χ0v) is 17.5. The Morgan fingerprint density at radius 2 is 1.84 bits per heavy atom. The van der Waals surface area contributed by atoms with E-state index in [-0.39, 0.29) is 33.5 Å². The van der Waals surface area contributed by atoms with Gasteiger partial charge in [0.15, 0.2) is 10.8 Å². The van der Waals surface area contributed by atoms with Gasteiger partial charge in [-0.1, -0.05) is 12.1 Å². The van der Waals surface area contributed by atoms with E-state index in [4.69, 9.17) is 17.4 Å². The predicted octanol–water partition coefficient (Wildman–Crippen LogP) is 2.41. The molecular weight excluding hydrogens is 455 g/mol. The standard InChI is InChI=1S/C18H16F3N5O3S2/c1-2-26-15-12(4-3-5-13(15)18(19,20)21)14(16(26)27)24-25-17(30)23-10-6-8-11(9-7-10)31(22,28)29/h3-9H,2H2,1H3,(H2,22,28,29)(H2,23,25,30). The zero-order valence-electron chi connectivity index (χ0n) is 15.9. The monoisotopic (exact) mass is 471 g/mol. The van der Waals surface area contributed by atoms with E-state index >= 15 is 0 Å². The van der Waals surface area contributed by atoms with Gasteiger partial charge in [-0.15, -0.1) is 0 Å². The van der Waals surface area contributed by atoms with Gasteiger partial charge in [-0.2, -0.15) is 18.3 Å². The molecular formula is C18H16F3N5O3S2. The number of primary sulfonamides is 1. The Hall–Kier alpha value is -3.03. The molecule has 0 unspecified atom stereocenters. The minimum Gasteiger partial charge on any atom is -0.331 e. The van der Waals surface area contributed by atoms with Crippen LogP contribution < -0.4 is 20.8 Å². The quantitative estimate of drug-likeness (QED) is 0.466. The van der Waals surface area contributed by atoms with Crippen molar-refractivity contribution in [3.63, 3.8) is 0 Å². The second-order valence-corrected chi connectivity index (χ2v) is 8.31. The van der Waals surface area contributed by atoms with Crippen LogP contribution in [0, 0.1) is 0 Å². The maximum atomic E-state index is 13.4. The van der Waals surface area contributed by atoms with Gasteiger partial charge >= 0.3 is 6.18 Å². The molecule has 8 nitrogen and oxygen atoms in total. The fraction of sp³-hybridized carbons (Fsp3) is 0.167. The highest BCUT2D eigenvalue weighted by molar-refractivity contribution is 7.89. The van der Waals surface area contributed by atoms with Crippen LogP contribution in [0.25, 0.3) is 0 Å². The number of hydrogen-bond donors (Lipinski definition) is 3. The second-order valence-electron chi connectivity index (χ2n) is 6.34. The van der Waals surface area contributed by atoms with Crippen LogP contribution in [0.1, 0.15) is 18.1 Å². The van der Waals surface area contributed by atoms with E-state index in [1.54, 1.807) is 6.92 Å². The summed E-state index contributed by atoms with van der Waals surface area (Å²) < 4.78 is 62.7. The van der Waals surface area contributed by atoms with Crippen molar-refractivity contribution in [1.82, 2.24) is 5.43 Å². The SMILES string of the molecule is CCN1C(=O)C(=NNC(=S)Nc2ccc(S(N)(=O)=O)cc2)c2cccc(C(F)(F)F)c21. The number of alkyl halides is 3. The van der Waals surface area contributed by atoms with Crippen LogP contribution in [0.3, 0.4) is 0 Å². The smallest absolute Gasteiger partial charge is 0.331 e. The number of thiocarbonyl (C=S) groups is 1. The number of nitrogens with one attached hydrogen (secondary N) is 2. The Bertz CT molecular complexity index is 1180. The van der Waals surface area contributed by atoms with Crippen molar-refractivity contribution in [2.24, 2.45) is 10.2 Å². The average molecular weight is 471 g/mol. The van der Waals surface area contributed by atoms with E-state index in [1.807, 2.05) is 0 Å². The highest BCUT2D eigenvalue weighted by Crippen LogP contribution is 2.41. The molecule has 13 heteroatoms. The molecule has 1 amide bonds. The molecule has 0 aliphatic carbocycles. The number of anilines is 2. The van der Waals surface area contributed by atoms with Gasteiger partial charge in [0.25, 0.3) is 5.91 Å². The van der Waals surface area contributed by atoms with E-state index < -0.39 is 27.7 Å². The Kier molecular flexibility index (Phi) is 6.02. The molecule has 0 saturated heterocycles. The molecule has 164 valence electrons. The lowest BCUT2D eigenvalue weighted by atomic mass is 10.1. The number of carbonyl (C=O) groups excluding carboxylic acids is 1. The van der Waals surface area contributed by atoms with Gasteiger partial charge in [-0.05, 0) is 49.5 Å². The van der Waals surface area contributed by atoms with Crippen molar-refractivity contribution in [3.8, 4) is 0 Å². The molecule has 4 N–H and O–H groups in total. The minimum atomic E-state index is -4.64. The van der Waals surface area contributed by atoms with Crippen LogP contribution in [-0.4, -0.2) is 31.7 Å². The minimum absolute atomic E-state index is 0.0248. The molecule has 0 aromatic heterocycles. The summed E-state index contributed by atoms with van der Waals surface area (Å²) in [6, 6.07) is 8.83. The van der Waals surface area contributed by atoms with Gasteiger partial charge in [0.1, 0.15) is 0 Å². The molecule has 1 aliphatic heterocycles. The number of halogens is 3. The zero-order chi connectivity index (χ0) is 23.0. The first-order chi connectivity index (χ1) is 14.4. The summed E-state index contributed by atoms with van der Waals surface area (Å²) >= 11 is 5.08. The third-order valence-electron chi connectivity index (χ3n) is 4.34. The molecule has 0 fully saturated rings. The molecule has 3 rings (SSSR count). The molecule has 31 heavy (non-hydrogen) atoms. The van der Waals surface area contributed by atoms with Gasteiger partial charge < -0.3 is 10.2 Å². The van der Waals surface area contributed by atoms with Gasteiger partial charge in [-0.25, -0.2) is 13.6 Å². The summed E-state index contributed by atoms with van der Waals surface area (Å²) in [5, 5.41) is 11.6. The largest absolute Gasteiger partial charge is 0.418 e. The summed E-state index contributed by atoms with van der Waals surface area (Å²) in [5.74, 6) is -0.693. The van der Waals surface area contributed by atoms with E-state index in [0.29, 0.717) is 5.69 Å². The number of para-hydroxylation sites is 1. The number of hydrazone groups is 1. The van der Waals surface area contributed by atoms with Crippen LogP contribution in [-0.2, 0) is 21.0 Å². The number of likely N-dealkylation sites (N-methyl/N-ethyl adjacent to an activating group) is 1. The second kappa shape index (κ2) is 8.24. The highest BCUT2D eigenvalue weighted by atomic mass is 32.2. The molecule has 2 aromatic carbocycles. The number of hydrogen-bond acceptors (Lipinski definition) is 5.